The third-order valence-corrected chi connectivity index (χ3v) is 5.00. The van der Waals surface area contributed by atoms with Crippen LogP contribution in [0.2, 0.25) is 0 Å². The summed E-state index contributed by atoms with van der Waals surface area (Å²) in [5, 5.41) is 0.933. The fraction of sp³-hybridized carbons (Fsp3) is 0.400. The number of anilines is 2. The van der Waals surface area contributed by atoms with Gasteiger partial charge in [-0.05, 0) is 37.6 Å². The van der Waals surface area contributed by atoms with Crippen molar-refractivity contribution in [3.63, 3.8) is 0 Å². The molecule has 2 N–H and O–H groups in total. The van der Waals surface area contributed by atoms with Crippen molar-refractivity contribution >= 4 is 32.4 Å². The third-order valence-electron chi connectivity index (χ3n) is 4.38. The number of para-hydroxylation sites is 1. The maximum absolute atomic E-state index is 11.9. The minimum atomic E-state index is -3.69. The Morgan fingerprint density at radius 2 is 1.79 bits per heavy atom. The number of ether oxygens (including phenoxy) is 1. The normalized spacial score (nSPS) is 12.3. The van der Waals surface area contributed by atoms with Crippen LogP contribution in [0.25, 0.3) is 10.9 Å². The smallest absolute Gasteiger partial charge is 0.264 e. The van der Waals surface area contributed by atoms with Gasteiger partial charge >= 0.3 is 0 Å². The predicted octanol–water partition coefficient (Wildman–Crippen LogP) is 4.30. The summed E-state index contributed by atoms with van der Waals surface area (Å²) >= 11 is 0. The number of aromatic nitrogens is 1. The molecule has 0 saturated heterocycles. The number of fused-ring (bicyclic) bond motifs is 1. The van der Waals surface area contributed by atoms with E-state index in [9.17, 15) is 8.42 Å². The molecule has 1 radical (unpaired) electrons. The molecule has 0 aliphatic carbocycles. The van der Waals surface area contributed by atoms with E-state index in [0.717, 1.165) is 28.5 Å². The third kappa shape index (κ3) is 10.5. The Balaban J connectivity index is 0.00000188. The Morgan fingerprint density at radius 1 is 1.12 bits per heavy atom. The summed E-state index contributed by atoms with van der Waals surface area (Å²) in [6.45, 7) is 8.31. The van der Waals surface area contributed by atoms with Crippen LogP contribution in [0.3, 0.4) is 0 Å². The monoisotopic (exact) mass is 561 g/mol. The number of hydrogen-bond donors (Lipinski definition) is 1. The van der Waals surface area contributed by atoms with Crippen molar-refractivity contribution in [2.24, 2.45) is 5.73 Å². The van der Waals surface area contributed by atoms with Gasteiger partial charge in [-0.1, -0.05) is 44.3 Å². The molecule has 34 heavy (non-hydrogen) atoms. The molecule has 3 aromatic rings. The van der Waals surface area contributed by atoms with E-state index in [1.807, 2.05) is 87.2 Å². The van der Waals surface area contributed by atoms with E-state index in [4.69, 9.17) is 14.7 Å². The standard InChI is InChI=1S/C23H28N3O4S.C2H6.Y/c1-23(2,24)17-29-16-21(30-31(3,27)28)15-26(19-9-5-4-6-10-19)20-11-12-22-18(14-20)8-7-13-25-22;1-2;/h4-6,8-14,21H,15-17,24H2,1-3H3;1-2H3;/q-1;;. The second kappa shape index (κ2) is 14.2. The van der Waals surface area contributed by atoms with Crippen molar-refractivity contribution in [1.29, 1.82) is 0 Å². The van der Waals surface area contributed by atoms with Crippen molar-refractivity contribution in [3.05, 3.63) is 66.9 Å². The largest absolute Gasteiger partial charge is 0.377 e. The number of hydrogen-bond acceptors (Lipinski definition) is 7. The quantitative estimate of drug-likeness (QED) is 0.292. The number of pyridine rings is 1. The van der Waals surface area contributed by atoms with Crippen molar-refractivity contribution in [2.75, 3.05) is 30.9 Å². The molecule has 0 bridgehead atoms. The molecule has 0 aliphatic heterocycles. The molecule has 1 aromatic heterocycles. The van der Waals surface area contributed by atoms with E-state index in [-0.39, 0.29) is 52.5 Å². The Morgan fingerprint density at radius 3 is 2.41 bits per heavy atom. The summed E-state index contributed by atoms with van der Waals surface area (Å²) in [7, 11) is -3.69. The first kappa shape index (κ1) is 30.6. The van der Waals surface area contributed by atoms with Gasteiger partial charge in [0.1, 0.15) is 6.10 Å². The Labute approximate surface area is 229 Å². The van der Waals surface area contributed by atoms with Gasteiger partial charge in [-0.15, -0.1) is 11.5 Å². The zero-order chi connectivity index (χ0) is 24.5. The van der Waals surface area contributed by atoms with Gasteiger partial charge in [-0.25, -0.2) is 12.1 Å². The molecule has 2 aromatic carbocycles. The van der Waals surface area contributed by atoms with Crippen molar-refractivity contribution in [3.8, 4) is 0 Å². The van der Waals surface area contributed by atoms with Crippen LogP contribution < -0.4 is 10.6 Å². The number of rotatable bonds is 10. The van der Waals surface area contributed by atoms with Crippen molar-refractivity contribution in [1.82, 2.24) is 4.98 Å². The van der Waals surface area contributed by atoms with Crippen LogP contribution in [-0.4, -0.2) is 51.1 Å². The van der Waals surface area contributed by atoms with Gasteiger partial charge in [-0.3, -0.25) is 9.17 Å². The van der Waals surface area contributed by atoms with Crippen LogP contribution in [0.4, 0.5) is 11.4 Å². The second-order valence-electron chi connectivity index (χ2n) is 8.18. The van der Waals surface area contributed by atoms with Crippen molar-refractivity contribution < 1.29 is 50.0 Å². The van der Waals surface area contributed by atoms with E-state index >= 15 is 0 Å². The Hall–Kier alpha value is -1.42. The molecular weight excluding hydrogens is 527 g/mol. The summed E-state index contributed by atoms with van der Waals surface area (Å²) in [5.41, 5.74) is 8.08. The molecule has 0 spiro atoms. The molecule has 0 amide bonds. The Kier molecular flexibility index (Phi) is 12.8. The van der Waals surface area contributed by atoms with Gasteiger partial charge in [0.2, 0.25) is 0 Å². The molecule has 1 unspecified atom stereocenters. The first-order valence-electron chi connectivity index (χ1n) is 10.9. The summed E-state index contributed by atoms with van der Waals surface area (Å²) in [6.07, 6.45) is 1.94. The molecule has 0 fully saturated rings. The molecule has 7 nitrogen and oxygen atoms in total. The molecule has 1 heterocycles. The van der Waals surface area contributed by atoms with E-state index in [1.165, 1.54) is 0 Å². The zero-order valence-corrected chi connectivity index (χ0v) is 24.2. The molecular formula is C25H34N3O4SY-. The first-order valence-corrected chi connectivity index (χ1v) is 12.8. The second-order valence-corrected chi connectivity index (χ2v) is 9.79. The molecule has 9 heteroatoms. The van der Waals surface area contributed by atoms with Crippen LogP contribution in [0.15, 0.2) is 60.8 Å². The van der Waals surface area contributed by atoms with E-state index in [1.54, 1.807) is 6.20 Å². The molecule has 0 saturated carbocycles. The summed E-state index contributed by atoms with van der Waals surface area (Å²) in [6, 6.07) is 20.4. The van der Waals surface area contributed by atoms with Gasteiger partial charge in [0.25, 0.3) is 10.1 Å². The summed E-state index contributed by atoms with van der Waals surface area (Å²) in [5.74, 6) is 0. The zero-order valence-electron chi connectivity index (χ0n) is 20.6. The average molecular weight is 562 g/mol. The van der Waals surface area contributed by atoms with Crippen molar-refractivity contribution in [2.45, 2.75) is 39.3 Å². The Bertz CT molecular complexity index is 1110. The number of nitrogens with two attached hydrogens (primary N) is 1. The van der Waals surface area contributed by atoms with Crippen LogP contribution in [0, 0.1) is 6.07 Å². The van der Waals surface area contributed by atoms with E-state index in [0.29, 0.717) is 0 Å². The minimum Gasteiger partial charge on any atom is -0.377 e. The minimum absolute atomic E-state index is 0. The van der Waals surface area contributed by atoms with Crippen LogP contribution >= 0.6 is 0 Å². The fourth-order valence-corrected chi connectivity index (χ4v) is 3.77. The average Bonchev–Trinajstić information content (AvgIpc) is 2.77. The molecule has 183 valence electrons. The van der Waals surface area contributed by atoms with Gasteiger partial charge < -0.3 is 15.4 Å². The summed E-state index contributed by atoms with van der Waals surface area (Å²) in [4.78, 5) is 6.32. The summed E-state index contributed by atoms with van der Waals surface area (Å²) < 4.78 is 34.8. The predicted molar refractivity (Wildman–Crippen MR) is 134 cm³/mol. The maximum atomic E-state index is 11.9. The van der Waals surface area contributed by atoms with Gasteiger partial charge in [-0.2, -0.15) is 8.42 Å². The SMILES string of the molecule is CC.CC(C)(N)COCC(CN(c1ccccc1)c1ccc2nc[c-]cc2c1)OS(C)(=O)=O.[Y]. The fourth-order valence-electron chi connectivity index (χ4n) is 3.16. The van der Waals surface area contributed by atoms with Crippen LogP contribution in [-0.2, 0) is 51.7 Å². The van der Waals surface area contributed by atoms with Gasteiger partial charge in [0, 0.05) is 49.6 Å². The van der Waals surface area contributed by atoms with Gasteiger partial charge in [0.05, 0.1) is 26.0 Å². The molecule has 0 aliphatic rings. The topological polar surface area (TPSA) is 94.8 Å². The number of benzene rings is 2. The van der Waals surface area contributed by atoms with Crippen LogP contribution in [0.5, 0.6) is 0 Å². The van der Waals surface area contributed by atoms with Gasteiger partial charge in [0.15, 0.2) is 0 Å². The first-order chi connectivity index (χ1) is 15.6. The van der Waals surface area contributed by atoms with E-state index in [2.05, 4.69) is 11.1 Å². The maximum Gasteiger partial charge on any atom is 0.264 e. The molecule has 1 atom stereocenters. The number of nitrogens with zero attached hydrogens (tertiary/aromatic N) is 2. The van der Waals surface area contributed by atoms with Crippen LogP contribution in [0.1, 0.15) is 27.7 Å². The molecule has 3 rings (SSSR count). The van der Waals surface area contributed by atoms with E-state index < -0.39 is 21.8 Å².